The minimum absolute atomic E-state index is 0.0424. The molecular formula is C22H13F4NO2. The normalized spacial score (nSPS) is 15.6. The number of rotatable bonds is 4. The number of alkyl halides is 3. The molecule has 0 saturated heterocycles. The standard InChI is InChI=1S/C22H13F4NO2/c23-17-10-12-18(13-11-17)27-21(28)15-4-1-7-19(8-2-5-15)29-20-9-3-6-16(14-20)22(24,25)26/h1-2,4-5,7-14H,(H,27,28). The summed E-state index contributed by atoms with van der Waals surface area (Å²) in [6, 6.07) is 5.33. The van der Waals surface area contributed by atoms with Crippen molar-refractivity contribution in [3.8, 4) is 0 Å². The second-order valence-corrected chi connectivity index (χ2v) is 5.84. The molecule has 1 amide bonds. The van der Waals surface area contributed by atoms with Crippen molar-refractivity contribution in [3.05, 3.63) is 113 Å². The number of hydrogen-bond acceptors (Lipinski definition) is 2. The van der Waals surface area contributed by atoms with Crippen LogP contribution in [0.1, 0.15) is 0 Å². The second kappa shape index (κ2) is 8.48. The van der Waals surface area contributed by atoms with Gasteiger partial charge in [0.1, 0.15) is 22.9 Å². The Bertz CT molecular complexity index is 1070. The highest BCUT2D eigenvalue weighted by Gasteiger charge is 2.33. The van der Waals surface area contributed by atoms with E-state index in [4.69, 9.17) is 4.74 Å². The third-order valence-electron chi connectivity index (χ3n) is 3.69. The van der Waals surface area contributed by atoms with Gasteiger partial charge in [0.05, 0.1) is 0 Å². The van der Waals surface area contributed by atoms with Crippen LogP contribution in [-0.4, -0.2) is 12.1 Å². The fourth-order valence-electron chi connectivity index (χ4n) is 2.31. The van der Waals surface area contributed by atoms with E-state index in [2.05, 4.69) is 11.0 Å². The van der Waals surface area contributed by atoms with Gasteiger partial charge in [-0.2, -0.15) is 13.2 Å². The van der Waals surface area contributed by atoms with E-state index in [1.807, 2.05) is 5.73 Å². The topological polar surface area (TPSA) is 38.3 Å². The van der Waals surface area contributed by atoms with Crippen molar-refractivity contribution in [2.75, 3.05) is 5.32 Å². The number of amides is 1. The molecule has 29 heavy (non-hydrogen) atoms. The van der Waals surface area contributed by atoms with Crippen LogP contribution in [0, 0.1) is 5.82 Å². The maximum absolute atomic E-state index is 12.9. The van der Waals surface area contributed by atoms with Crippen molar-refractivity contribution in [2.24, 2.45) is 0 Å². The first-order chi connectivity index (χ1) is 13.8. The van der Waals surface area contributed by atoms with Crippen molar-refractivity contribution in [2.45, 2.75) is 6.18 Å². The molecular weight excluding hydrogens is 386 g/mol. The Labute approximate surface area is 163 Å². The Morgan fingerprint density at radius 1 is 1.00 bits per heavy atom. The molecule has 0 fully saturated rings. The summed E-state index contributed by atoms with van der Waals surface area (Å²) in [4.78, 5) is 12.3. The summed E-state index contributed by atoms with van der Waals surface area (Å²) >= 11 is 0. The maximum atomic E-state index is 12.9. The van der Waals surface area contributed by atoms with Gasteiger partial charge in [0.15, 0.2) is 0 Å². The summed E-state index contributed by atoms with van der Waals surface area (Å²) in [5.41, 5.74) is 4.04. The minimum atomic E-state index is -4.55. The van der Waals surface area contributed by atoms with E-state index in [0.717, 1.165) is 6.08 Å². The SMILES string of the molecule is O=C(Nc1ccc(F)cc1)C1=CC=CC(OC2=CC(C(F)(F)F)=C=C=C2)=CC=C1. The van der Waals surface area contributed by atoms with Gasteiger partial charge in [-0.05, 0) is 48.6 Å². The van der Waals surface area contributed by atoms with Gasteiger partial charge in [-0.25, -0.2) is 4.39 Å². The molecule has 0 heterocycles. The third-order valence-corrected chi connectivity index (χ3v) is 3.69. The van der Waals surface area contributed by atoms with Crippen LogP contribution in [-0.2, 0) is 9.53 Å². The molecule has 7 heteroatoms. The molecule has 0 spiro atoms. The molecule has 1 aromatic rings. The van der Waals surface area contributed by atoms with Gasteiger partial charge >= 0.3 is 6.18 Å². The first-order valence-electron chi connectivity index (χ1n) is 8.33. The summed E-state index contributed by atoms with van der Waals surface area (Å²) in [5, 5.41) is 2.63. The van der Waals surface area contributed by atoms with Crippen molar-refractivity contribution in [3.63, 3.8) is 0 Å². The predicted octanol–water partition coefficient (Wildman–Crippen LogP) is 5.41. The van der Waals surface area contributed by atoms with Crippen LogP contribution in [0.3, 0.4) is 0 Å². The largest absolute Gasteiger partial charge is 0.457 e. The minimum Gasteiger partial charge on any atom is -0.457 e. The number of carbonyl (C=O) groups is 1. The highest BCUT2D eigenvalue weighted by atomic mass is 19.4. The molecule has 0 radical (unpaired) electrons. The number of nitrogens with one attached hydrogen (secondary N) is 1. The second-order valence-electron chi connectivity index (χ2n) is 5.84. The van der Waals surface area contributed by atoms with Gasteiger partial charge in [0.2, 0.25) is 0 Å². The molecule has 3 rings (SSSR count). The van der Waals surface area contributed by atoms with Crippen LogP contribution in [0.25, 0.3) is 0 Å². The maximum Gasteiger partial charge on any atom is 0.424 e. The lowest BCUT2D eigenvalue weighted by atomic mass is 10.1. The molecule has 0 bridgehead atoms. The first kappa shape index (κ1) is 20.0. The van der Waals surface area contributed by atoms with Gasteiger partial charge in [0.25, 0.3) is 5.91 Å². The number of carbonyl (C=O) groups excluding carboxylic acids is 1. The Balaban J connectivity index is 1.66. The lowest BCUT2D eigenvalue weighted by Crippen LogP contribution is -2.13. The monoisotopic (exact) mass is 399 g/mol. The summed E-state index contributed by atoms with van der Waals surface area (Å²) in [6.07, 6.45) is 6.59. The van der Waals surface area contributed by atoms with Gasteiger partial charge in [-0.3, -0.25) is 4.79 Å². The fourth-order valence-corrected chi connectivity index (χ4v) is 2.31. The highest BCUT2D eigenvalue weighted by Crippen LogP contribution is 2.28. The Morgan fingerprint density at radius 2 is 1.72 bits per heavy atom. The van der Waals surface area contributed by atoms with Crippen LogP contribution in [0.15, 0.2) is 107 Å². The average Bonchev–Trinajstić information content (AvgIpc) is 2.65. The van der Waals surface area contributed by atoms with E-state index in [1.165, 1.54) is 66.8 Å². The van der Waals surface area contributed by atoms with Crippen LogP contribution in [0.5, 0.6) is 0 Å². The Morgan fingerprint density at radius 3 is 2.45 bits per heavy atom. The van der Waals surface area contributed by atoms with Gasteiger partial charge in [-0.1, -0.05) is 23.6 Å². The van der Waals surface area contributed by atoms with Crippen molar-refractivity contribution >= 4 is 11.6 Å². The molecule has 0 saturated carbocycles. The number of anilines is 1. The molecule has 2 aliphatic carbocycles. The zero-order valence-corrected chi connectivity index (χ0v) is 14.8. The predicted molar refractivity (Wildman–Crippen MR) is 99.8 cm³/mol. The van der Waals surface area contributed by atoms with Gasteiger partial charge in [0, 0.05) is 23.4 Å². The van der Waals surface area contributed by atoms with E-state index in [1.54, 1.807) is 0 Å². The van der Waals surface area contributed by atoms with Crippen LogP contribution in [0.2, 0.25) is 0 Å². The quantitative estimate of drug-likeness (QED) is 0.543. The average molecular weight is 399 g/mol. The number of hydrogen-bond donors (Lipinski definition) is 1. The van der Waals surface area contributed by atoms with E-state index in [0.29, 0.717) is 11.3 Å². The molecule has 0 atom stereocenters. The molecule has 1 N–H and O–H groups in total. The molecule has 0 unspecified atom stereocenters. The molecule has 1 aromatic carbocycles. The number of ether oxygens (including phenoxy) is 1. The fraction of sp³-hybridized carbons (Fsp3) is 0.0455. The molecule has 146 valence electrons. The summed E-state index contributed by atoms with van der Waals surface area (Å²) in [7, 11) is 0. The third kappa shape index (κ3) is 5.59. The molecule has 0 aliphatic heterocycles. The van der Waals surface area contributed by atoms with Crippen LogP contribution >= 0.6 is 0 Å². The van der Waals surface area contributed by atoms with E-state index in [9.17, 15) is 22.4 Å². The van der Waals surface area contributed by atoms with Gasteiger partial charge < -0.3 is 10.1 Å². The zero-order chi connectivity index (χ0) is 20.9. The lowest BCUT2D eigenvalue weighted by Gasteiger charge is -2.11. The molecule has 3 nitrogen and oxygen atoms in total. The summed E-state index contributed by atoms with van der Waals surface area (Å²) in [5.74, 6) is -0.592. The zero-order valence-electron chi connectivity index (χ0n) is 14.8. The van der Waals surface area contributed by atoms with Crippen molar-refractivity contribution in [1.82, 2.24) is 0 Å². The van der Waals surface area contributed by atoms with E-state index < -0.39 is 23.5 Å². The number of allylic oxidation sites excluding steroid dienone is 8. The smallest absolute Gasteiger partial charge is 0.424 e. The number of halogens is 4. The van der Waals surface area contributed by atoms with Crippen LogP contribution < -0.4 is 5.32 Å². The van der Waals surface area contributed by atoms with E-state index in [-0.39, 0.29) is 11.5 Å². The summed E-state index contributed by atoms with van der Waals surface area (Å²) < 4.78 is 56.6. The number of benzene rings is 1. The Hall–Kier alpha value is -3.79. The van der Waals surface area contributed by atoms with Crippen LogP contribution in [0.4, 0.5) is 23.2 Å². The molecule has 2 aliphatic rings. The highest BCUT2D eigenvalue weighted by molar-refractivity contribution is 6.06. The van der Waals surface area contributed by atoms with E-state index >= 15 is 0 Å². The van der Waals surface area contributed by atoms with Crippen molar-refractivity contribution in [1.29, 1.82) is 0 Å². The van der Waals surface area contributed by atoms with Gasteiger partial charge in [-0.15, -0.1) is 0 Å². The lowest BCUT2D eigenvalue weighted by molar-refractivity contribution is -0.112. The summed E-state index contributed by atoms with van der Waals surface area (Å²) in [6.45, 7) is 0. The Kier molecular flexibility index (Phi) is 5.84. The molecule has 0 aromatic heterocycles. The van der Waals surface area contributed by atoms with Crippen molar-refractivity contribution < 1.29 is 27.1 Å². The first-order valence-corrected chi connectivity index (χ1v) is 8.33.